The Morgan fingerprint density at radius 3 is 2.55 bits per heavy atom. The maximum absolute atomic E-state index is 4.54. The van der Waals surface area contributed by atoms with Crippen molar-refractivity contribution >= 4 is 33.3 Å². The second-order valence-corrected chi connectivity index (χ2v) is 5.50. The Hall–Kier alpha value is -1.62. The molecule has 1 heterocycles. The molecule has 0 saturated heterocycles. The van der Waals surface area contributed by atoms with E-state index in [2.05, 4.69) is 62.5 Å². The lowest BCUT2D eigenvalue weighted by molar-refractivity contribution is 0.838. The third-order valence-electron chi connectivity index (χ3n) is 2.95. The molecular formula is C15H19BrN4. The van der Waals surface area contributed by atoms with Gasteiger partial charge in [-0.3, -0.25) is 0 Å². The van der Waals surface area contributed by atoms with Crippen molar-refractivity contribution in [2.75, 3.05) is 17.7 Å². The van der Waals surface area contributed by atoms with E-state index in [4.69, 9.17) is 0 Å². The van der Waals surface area contributed by atoms with Crippen LogP contribution < -0.4 is 10.6 Å². The number of nitrogens with zero attached hydrogens (tertiary/aromatic N) is 2. The van der Waals surface area contributed by atoms with E-state index >= 15 is 0 Å². The molecule has 0 aliphatic heterocycles. The minimum absolute atomic E-state index is 0.809. The van der Waals surface area contributed by atoms with E-state index in [0.29, 0.717) is 0 Å². The van der Waals surface area contributed by atoms with Crippen molar-refractivity contribution in [3.8, 4) is 0 Å². The van der Waals surface area contributed by atoms with Gasteiger partial charge in [0.25, 0.3) is 0 Å². The molecule has 0 radical (unpaired) electrons. The zero-order valence-corrected chi connectivity index (χ0v) is 13.6. The van der Waals surface area contributed by atoms with Crippen LogP contribution in [-0.4, -0.2) is 17.0 Å². The van der Waals surface area contributed by atoms with E-state index in [1.165, 1.54) is 5.56 Å². The smallest absolute Gasteiger partial charge is 0.136 e. The molecule has 0 amide bonds. The van der Waals surface area contributed by atoms with Gasteiger partial charge in [0.2, 0.25) is 0 Å². The van der Waals surface area contributed by atoms with Gasteiger partial charge in [-0.25, -0.2) is 9.97 Å². The van der Waals surface area contributed by atoms with E-state index in [1.807, 2.05) is 19.2 Å². The summed E-state index contributed by atoms with van der Waals surface area (Å²) in [5, 5.41) is 6.40. The van der Waals surface area contributed by atoms with Crippen LogP contribution in [0.25, 0.3) is 0 Å². The van der Waals surface area contributed by atoms with Crippen LogP contribution in [0.1, 0.15) is 24.7 Å². The Labute approximate surface area is 128 Å². The molecule has 0 saturated carbocycles. The first-order valence-electron chi connectivity index (χ1n) is 6.71. The molecular weight excluding hydrogens is 316 g/mol. The molecule has 2 aromatic rings. The summed E-state index contributed by atoms with van der Waals surface area (Å²) in [6, 6.07) is 8.07. The summed E-state index contributed by atoms with van der Waals surface area (Å²) < 4.78 is 1.08. The highest BCUT2D eigenvalue weighted by Gasteiger charge is 2.05. The van der Waals surface area contributed by atoms with Gasteiger partial charge in [0.1, 0.15) is 17.5 Å². The van der Waals surface area contributed by atoms with Crippen molar-refractivity contribution in [2.24, 2.45) is 0 Å². The van der Waals surface area contributed by atoms with Crippen LogP contribution in [0.5, 0.6) is 0 Å². The minimum atomic E-state index is 0.809. The second kappa shape index (κ2) is 6.70. The Balaban J connectivity index is 2.27. The fourth-order valence-corrected chi connectivity index (χ4v) is 2.22. The van der Waals surface area contributed by atoms with Gasteiger partial charge in [0.05, 0.1) is 0 Å². The molecule has 1 aromatic carbocycles. The zero-order valence-electron chi connectivity index (χ0n) is 12.0. The molecule has 0 bridgehead atoms. The Bertz CT molecular complexity index is 598. The summed E-state index contributed by atoms with van der Waals surface area (Å²) in [6.07, 6.45) is 1.91. The summed E-state index contributed by atoms with van der Waals surface area (Å²) in [6.45, 7) is 4.19. The molecule has 106 valence electrons. The van der Waals surface area contributed by atoms with Crippen LogP contribution in [0.15, 0.2) is 28.7 Å². The van der Waals surface area contributed by atoms with Crippen molar-refractivity contribution in [2.45, 2.75) is 26.7 Å². The van der Waals surface area contributed by atoms with E-state index in [-0.39, 0.29) is 0 Å². The normalized spacial score (nSPS) is 10.4. The van der Waals surface area contributed by atoms with E-state index < -0.39 is 0 Å². The predicted molar refractivity (Wildman–Crippen MR) is 87.7 cm³/mol. The van der Waals surface area contributed by atoms with Gasteiger partial charge in [-0.05, 0) is 31.0 Å². The van der Waals surface area contributed by atoms with Gasteiger partial charge in [-0.2, -0.15) is 0 Å². The first-order valence-corrected chi connectivity index (χ1v) is 7.50. The van der Waals surface area contributed by atoms with E-state index in [9.17, 15) is 0 Å². The molecule has 0 spiro atoms. The molecule has 0 atom stereocenters. The monoisotopic (exact) mass is 334 g/mol. The largest absolute Gasteiger partial charge is 0.373 e. The number of benzene rings is 1. The van der Waals surface area contributed by atoms with Gasteiger partial charge in [0, 0.05) is 29.7 Å². The highest BCUT2D eigenvalue weighted by molar-refractivity contribution is 9.10. The number of aryl methyl sites for hydroxylation is 2. The highest BCUT2D eigenvalue weighted by atomic mass is 79.9. The lowest BCUT2D eigenvalue weighted by atomic mass is 10.2. The van der Waals surface area contributed by atoms with Crippen molar-refractivity contribution in [1.82, 2.24) is 9.97 Å². The van der Waals surface area contributed by atoms with Crippen LogP contribution >= 0.6 is 15.9 Å². The fraction of sp³-hybridized carbons (Fsp3) is 0.333. The summed E-state index contributed by atoms with van der Waals surface area (Å²) in [7, 11) is 1.87. The number of halogens is 1. The second-order valence-electron chi connectivity index (χ2n) is 4.64. The molecule has 1 aromatic heterocycles. The molecule has 0 unspecified atom stereocenters. The Morgan fingerprint density at radius 1 is 1.15 bits per heavy atom. The average molecular weight is 335 g/mol. The van der Waals surface area contributed by atoms with Gasteiger partial charge >= 0.3 is 0 Å². The molecule has 4 nitrogen and oxygen atoms in total. The number of nitrogens with one attached hydrogen (secondary N) is 2. The van der Waals surface area contributed by atoms with Crippen LogP contribution in [0.3, 0.4) is 0 Å². The van der Waals surface area contributed by atoms with E-state index in [1.54, 1.807) is 0 Å². The van der Waals surface area contributed by atoms with Crippen LogP contribution in [0, 0.1) is 6.92 Å². The minimum Gasteiger partial charge on any atom is -0.373 e. The molecule has 0 aliphatic rings. The quantitative estimate of drug-likeness (QED) is 0.856. The first-order chi connectivity index (χ1) is 9.62. The number of hydrogen-bond acceptors (Lipinski definition) is 4. The summed E-state index contributed by atoms with van der Waals surface area (Å²) >= 11 is 3.54. The lowest BCUT2D eigenvalue weighted by Gasteiger charge is -2.10. The molecule has 0 fully saturated rings. The van der Waals surface area contributed by atoms with Crippen molar-refractivity contribution in [3.63, 3.8) is 0 Å². The lowest BCUT2D eigenvalue weighted by Crippen LogP contribution is -2.03. The van der Waals surface area contributed by atoms with Crippen LogP contribution in [0.4, 0.5) is 17.3 Å². The van der Waals surface area contributed by atoms with Gasteiger partial charge in [0.15, 0.2) is 0 Å². The topological polar surface area (TPSA) is 49.8 Å². The molecule has 5 heteroatoms. The van der Waals surface area contributed by atoms with Crippen molar-refractivity contribution in [3.05, 3.63) is 40.1 Å². The summed E-state index contributed by atoms with van der Waals surface area (Å²) in [5.41, 5.74) is 2.21. The van der Waals surface area contributed by atoms with Crippen molar-refractivity contribution in [1.29, 1.82) is 0 Å². The Kier molecular flexibility index (Phi) is 4.95. The average Bonchev–Trinajstić information content (AvgIpc) is 2.43. The first kappa shape index (κ1) is 14.8. The molecule has 0 aliphatic carbocycles. The number of anilines is 3. The maximum atomic E-state index is 4.54. The summed E-state index contributed by atoms with van der Waals surface area (Å²) in [4.78, 5) is 8.98. The molecule has 20 heavy (non-hydrogen) atoms. The molecule has 2 N–H and O–H groups in total. The third kappa shape index (κ3) is 3.70. The van der Waals surface area contributed by atoms with Gasteiger partial charge < -0.3 is 10.6 Å². The number of aromatic nitrogens is 2. The fourth-order valence-electron chi connectivity index (χ4n) is 1.84. The Morgan fingerprint density at radius 2 is 1.90 bits per heavy atom. The zero-order chi connectivity index (χ0) is 14.5. The van der Waals surface area contributed by atoms with E-state index in [0.717, 1.165) is 40.5 Å². The van der Waals surface area contributed by atoms with Gasteiger partial charge in [-0.15, -0.1) is 0 Å². The SMILES string of the molecule is CCCc1nc(NC)cc(Nc2ccc(C)c(Br)c2)n1. The predicted octanol–water partition coefficient (Wildman–Crippen LogP) is 4.29. The van der Waals surface area contributed by atoms with Gasteiger partial charge in [-0.1, -0.05) is 28.9 Å². The number of hydrogen-bond donors (Lipinski definition) is 2. The van der Waals surface area contributed by atoms with Crippen LogP contribution in [0.2, 0.25) is 0 Å². The number of rotatable bonds is 5. The molecule has 2 rings (SSSR count). The standard InChI is InChI=1S/C15H19BrN4/c1-4-5-13-19-14(17-3)9-15(20-13)18-11-7-6-10(2)12(16)8-11/h6-9H,4-5H2,1-3H3,(H2,17,18,19,20). The maximum Gasteiger partial charge on any atom is 0.136 e. The van der Waals surface area contributed by atoms with Crippen molar-refractivity contribution < 1.29 is 0 Å². The third-order valence-corrected chi connectivity index (χ3v) is 3.80. The summed E-state index contributed by atoms with van der Waals surface area (Å²) in [5.74, 6) is 2.49. The highest BCUT2D eigenvalue weighted by Crippen LogP contribution is 2.23. The van der Waals surface area contributed by atoms with Crippen LogP contribution in [-0.2, 0) is 6.42 Å².